The van der Waals surface area contributed by atoms with E-state index in [1.807, 2.05) is 13.8 Å². The zero-order chi connectivity index (χ0) is 25.9. The lowest BCUT2D eigenvalue weighted by atomic mass is 9.97. The van der Waals surface area contributed by atoms with E-state index >= 15 is 0 Å². The fourth-order valence-corrected chi connectivity index (χ4v) is 3.06. The molecule has 7 N–H and O–H groups in total. The van der Waals surface area contributed by atoms with Crippen molar-refractivity contribution in [1.29, 1.82) is 0 Å². The number of rotatable bonds is 15. The molecule has 0 aliphatic rings. The number of hydrogen-bond acceptors (Lipinski definition) is 6. The minimum atomic E-state index is -1.29. The molecule has 0 aliphatic carbocycles. The Bertz CT molecular complexity index is 696. The van der Waals surface area contributed by atoms with Gasteiger partial charge in [-0.05, 0) is 30.6 Å². The Morgan fingerprint density at radius 1 is 0.818 bits per heavy atom. The Morgan fingerprint density at radius 3 is 1.79 bits per heavy atom. The van der Waals surface area contributed by atoms with E-state index in [9.17, 15) is 29.1 Å². The van der Waals surface area contributed by atoms with Crippen LogP contribution in [0.5, 0.6) is 0 Å². The van der Waals surface area contributed by atoms with E-state index in [1.165, 1.54) is 0 Å². The van der Waals surface area contributed by atoms with E-state index in [0.29, 0.717) is 6.42 Å². The van der Waals surface area contributed by atoms with Gasteiger partial charge < -0.3 is 31.9 Å². The topological polar surface area (TPSA) is 188 Å². The number of nitrogens with two attached hydrogens (primary N) is 1. The van der Waals surface area contributed by atoms with Crippen LogP contribution in [0.2, 0.25) is 0 Å². The Labute approximate surface area is 195 Å². The summed E-state index contributed by atoms with van der Waals surface area (Å²) in [6.07, 6.45) is 0.175. The number of carbonyl (C=O) groups excluding carboxylic acids is 3. The molecule has 0 fully saturated rings. The van der Waals surface area contributed by atoms with Crippen LogP contribution < -0.4 is 21.7 Å². The van der Waals surface area contributed by atoms with Crippen molar-refractivity contribution in [2.75, 3.05) is 0 Å². The number of hydrogen-bond donors (Lipinski definition) is 6. The average molecular weight is 473 g/mol. The van der Waals surface area contributed by atoms with Crippen molar-refractivity contribution >= 4 is 29.7 Å². The molecule has 0 aliphatic heterocycles. The van der Waals surface area contributed by atoms with Gasteiger partial charge in [-0.2, -0.15) is 0 Å². The predicted molar refractivity (Wildman–Crippen MR) is 122 cm³/mol. The van der Waals surface area contributed by atoms with E-state index in [0.717, 1.165) is 0 Å². The summed E-state index contributed by atoms with van der Waals surface area (Å²) in [5, 5.41) is 25.8. The molecule has 11 nitrogen and oxygen atoms in total. The first-order valence-corrected chi connectivity index (χ1v) is 11.3. The van der Waals surface area contributed by atoms with Crippen LogP contribution in [-0.4, -0.2) is 64.0 Å². The van der Waals surface area contributed by atoms with Gasteiger partial charge in [0.2, 0.25) is 17.7 Å². The third-order valence-electron chi connectivity index (χ3n) is 5.41. The van der Waals surface area contributed by atoms with Crippen LogP contribution in [0, 0.1) is 17.8 Å². The normalized spacial score (nSPS) is 15.8. The third kappa shape index (κ3) is 11.1. The summed E-state index contributed by atoms with van der Waals surface area (Å²) in [5.41, 5.74) is 5.94. The minimum Gasteiger partial charge on any atom is -0.481 e. The summed E-state index contributed by atoms with van der Waals surface area (Å²) in [7, 11) is 0. The van der Waals surface area contributed by atoms with Gasteiger partial charge in [-0.25, -0.2) is 4.79 Å². The van der Waals surface area contributed by atoms with Crippen LogP contribution >= 0.6 is 0 Å². The summed E-state index contributed by atoms with van der Waals surface area (Å²) in [6, 6.07) is -4.30. The molecule has 0 radical (unpaired) electrons. The SMILES string of the molecule is CCC(C)C(N)C(=O)NC(C(=O)NC(CCC(=O)O)C(=O)NC(CC(C)C)C(=O)O)C(C)C. The highest BCUT2D eigenvalue weighted by atomic mass is 16.4. The van der Waals surface area contributed by atoms with Crippen LogP contribution in [0.4, 0.5) is 0 Å². The van der Waals surface area contributed by atoms with E-state index in [-0.39, 0.29) is 30.6 Å². The minimum absolute atomic E-state index is 0.0197. The van der Waals surface area contributed by atoms with Gasteiger partial charge >= 0.3 is 11.9 Å². The fourth-order valence-electron chi connectivity index (χ4n) is 3.06. The molecule has 0 saturated carbocycles. The highest BCUT2D eigenvalue weighted by Gasteiger charge is 2.32. The van der Waals surface area contributed by atoms with Crippen molar-refractivity contribution in [3.05, 3.63) is 0 Å². The second-order valence-electron chi connectivity index (χ2n) is 9.16. The molecule has 0 spiro atoms. The first-order chi connectivity index (χ1) is 15.2. The first kappa shape index (κ1) is 30.3. The van der Waals surface area contributed by atoms with Crippen LogP contribution in [0.25, 0.3) is 0 Å². The second-order valence-corrected chi connectivity index (χ2v) is 9.16. The molecule has 0 rings (SSSR count). The van der Waals surface area contributed by atoms with Crippen molar-refractivity contribution in [3.63, 3.8) is 0 Å². The highest BCUT2D eigenvalue weighted by molar-refractivity contribution is 5.94. The zero-order valence-electron chi connectivity index (χ0n) is 20.4. The molecule has 33 heavy (non-hydrogen) atoms. The monoisotopic (exact) mass is 472 g/mol. The second kappa shape index (κ2) is 14.5. The maximum Gasteiger partial charge on any atom is 0.326 e. The van der Waals surface area contributed by atoms with Gasteiger partial charge in [0.15, 0.2) is 0 Å². The van der Waals surface area contributed by atoms with Gasteiger partial charge in [0.05, 0.1) is 6.04 Å². The van der Waals surface area contributed by atoms with Gasteiger partial charge in [-0.3, -0.25) is 19.2 Å². The maximum absolute atomic E-state index is 12.9. The van der Waals surface area contributed by atoms with Crippen LogP contribution in [0.1, 0.15) is 67.2 Å². The summed E-state index contributed by atoms with van der Waals surface area (Å²) in [5.74, 6) is -4.88. The van der Waals surface area contributed by atoms with Gasteiger partial charge in [0.1, 0.15) is 18.1 Å². The molecular weight excluding hydrogens is 432 g/mol. The van der Waals surface area contributed by atoms with Gasteiger partial charge in [0, 0.05) is 6.42 Å². The average Bonchev–Trinajstić information content (AvgIpc) is 2.71. The lowest BCUT2D eigenvalue weighted by Gasteiger charge is -2.28. The van der Waals surface area contributed by atoms with Crippen molar-refractivity contribution in [2.45, 2.75) is 91.4 Å². The number of aliphatic carboxylic acids is 2. The molecule has 0 aromatic heterocycles. The largest absolute Gasteiger partial charge is 0.481 e. The molecular formula is C22H40N4O7. The molecule has 0 bridgehead atoms. The summed E-state index contributed by atoms with van der Waals surface area (Å²) >= 11 is 0. The quantitative estimate of drug-likeness (QED) is 0.198. The van der Waals surface area contributed by atoms with Crippen molar-refractivity contribution in [3.8, 4) is 0 Å². The summed E-state index contributed by atoms with van der Waals surface area (Å²) < 4.78 is 0. The number of carboxylic acids is 2. The summed E-state index contributed by atoms with van der Waals surface area (Å²) in [6.45, 7) is 10.7. The van der Waals surface area contributed by atoms with Gasteiger partial charge in [-0.1, -0.05) is 48.0 Å². The van der Waals surface area contributed by atoms with E-state index in [1.54, 1.807) is 27.7 Å². The van der Waals surface area contributed by atoms with Crippen LogP contribution in [0.15, 0.2) is 0 Å². The molecule has 0 heterocycles. The Morgan fingerprint density at radius 2 is 1.36 bits per heavy atom. The smallest absolute Gasteiger partial charge is 0.326 e. The number of nitrogens with one attached hydrogen (secondary N) is 3. The molecule has 11 heteroatoms. The summed E-state index contributed by atoms with van der Waals surface area (Å²) in [4.78, 5) is 60.7. The van der Waals surface area contributed by atoms with Gasteiger partial charge in [-0.15, -0.1) is 0 Å². The highest BCUT2D eigenvalue weighted by Crippen LogP contribution is 2.10. The Hall–Kier alpha value is -2.69. The number of carbonyl (C=O) groups is 5. The molecule has 190 valence electrons. The van der Waals surface area contributed by atoms with Crippen LogP contribution in [-0.2, 0) is 24.0 Å². The van der Waals surface area contributed by atoms with Gasteiger partial charge in [0.25, 0.3) is 0 Å². The van der Waals surface area contributed by atoms with E-state index in [2.05, 4.69) is 16.0 Å². The Kier molecular flexibility index (Phi) is 13.3. The zero-order valence-corrected chi connectivity index (χ0v) is 20.4. The molecule has 3 amide bonds. The fraction of sp³-hybridized carbons (Fsp3) is 0.773. The van der Waals surface area contributed by atoms with Crippen LogP contribution in [0.3, 0.4) is 0 Å². The number of amides is 3. The number of carboxylic acid groups (broad SMARTS) is 2. The maximum atomic E-state index is 12.9. The Balaban J connectivity index is 5.54. The van der Waals surface area contributed by atoms with E-state index < -0.39 is 60.2 Å². The van der Waals surface area contributed by atoms with E-state index in [4.69, 9.17) is 10.8 Å². The standard InChI is InChI=1S/C22H40N4O7/c1-7-13(6)17(23)20(30)26-18(12(4)5)21(31)24-14(8-9-16(27)28)19(29)25-15(22(32)33)10-11(2)3/h11-15,17-18H,7-10,23H2,1-6H3,(H,24,31)(H,25,29)(H,26,30)(H,27,28)(H,32,33). The van der Waals surface area contributed by atoms with Crippen molar-refractivity contribution in [1.82, 2.24) is 16.0 Å². The third-order valence-corrected chi connectivity index (χ3v) is 5.41. The molecule has 5 unspecified atom stereocenters. The molecule has 0 aromatic rings. The molecule has 5 atom stereocenters. The lowest BCUT2D eigenvalue weighted by molar-refractivity contribution is -0.143. The first-order valence-electron chi connectivity index (χ1n) is 11.3. The van der Waals surface area contributed by atoms with Crippen molar-refractivity contribution < 1.29 is 34.2 Å². The molecule has 0 aromatic carbocycles. The predicted octanol–water partition coefficient (Wildman–Crippen LogP) is 0.466. The molecule has 0 saturated heterocycles. The van der Waals surface area contributed by atoms with Crippen molar-refractivity contribution in [2.24, 2.45) is 23.5 Å². The lowest BCUT2D eigenvalue weighted by Crippen LogP contribution is -2.59.